The summed E-state index contributed by atoms with van der Waals surface area (Å²) in [5.41, 5.74) is 2.77. The van der Waals surface area contributed by atoms with Gasteiger partial charge in [-0.1, -0.05) is 0 Å². The van der Waals surface area contributed by atoms with Gasteiger partial charge in [-0.3, -0.25) is 9.78 Å². The lowest BCUT2D eigenvalue weighted by atomic mass is 10.2. The van der Waals surface area contributed by atoms with Crippen molar-refractivity contribution >= 4 is 17.3 Å². The summed E-state index contributed by atoms with van der Waals surface area (Å²) in [5.74, 6) is 0. The summed E-state index contributed by atoms with van der Waals surface area (Å²) in [7, 11) is 0. The molecular formula is C15H13N3O. The number of rotatable bonds is 4. The average Bonchev–Trinajstić information content (AvgIpc) is 2.84. The van der Waals surface area contributed by atoms with Crippen LogP contribution in [0, 0.1) is 0 Å². The first-order chi connectivity index (χ1) is 9.38. The molecule has 0 radical (unpaired) electrons. The van der Waals surface area contributed by atoms with E-state index in [0.717, 1.165) is 30.3 Å². The smallest absolute Gasteiger partial charge is 0.152 e. The number of fused-ring (bicyclic) bond motifs is 1. The second-order valence-electron chi connectivity index (χ2n) is 4.38. The number of hydrogen-bond donors (Lipinski definition) is 0. The first-order valence-electron chi connectivity index (χ1n) is 6.16. The Labute approximate surface area is 110 Å². The van der Waals surface area contributed by atoms with E-state index in [1.54, 1.807) is 18.6 Å². The number of aldehydes is 1. The van der Waals surface area contributed by atoms with Crippen molar-refractivity contribution in [2.75, 3.05) is 0 Å². The molecule has 3 aromatic rings. The molecule has 3 aromatic heterocycles. The van der Waals surface area contributed by atoms with Crippen LogP contribution in [0.3, 0.4) is 0 Å². The van der Waals surface area contributed by atoms with Crippen LogP contribution in [-0.4, -0.2) is 20.8 Å². The lowest BCUT2D eigenvalue weighted by molar-refractivity contribution is 0.112. The van der Waals surface area contributed by atoms with Crippen LogP contribution in [0.5, 0.6) is 0 Å². The predicted molar refractivity (Wildman–Crippen MR) is 73.1 cm³/mol. The van der Waals surface area contributed by atoms with Gasteiger partial charge in [-0.15, -0.1) is 0 Å². The molecule has 0 atom stereocenters. The number of pyridine rings is 2. The highest BCUT2D eigenvalue weighted by molar-refractivity contribution is 5.95. The van der Waals surface area contributed by atoms with Crippen molar-refractivity contribution in [1.29, 1.82) is 0 Å². The van der Waals surface area contributed by atoms with Crippen molar-refractivity contribution in [2.24, 2.45) is 0 Å². The highest BCUT2D eigenvalue weighted by atomic mass is 16.1. The van der Waals surface area contributed by atoms with Gasteiger partial charge in [-0.05, 0) is 36.2 Å². The van der Waals surface area contributed by atoms with E-state index < -0.39 is 0 Å². The first-order valence-corrected chi connectivity index (χ1v) is 6.16. The van der Waals surface area contributed by atoms with E-state index in [1.165, 1.54) is 5.56 Å². The summed E-state index contributed by atoms with van der Waals surface area (Å²) in [6.07, 6.45) is 8.97. The standard InChI is InChI=1S/C15H13N3O/c19-11-13-10-18(15-14(13)2-1-6-17-15)9-5-12-3-7-16-8-4-12/h1-4,6-8,10-11H,5,9H2. The van der Waals surface area contributed by atoms with Gasteiger partial charge in [0.1, 0.15) is 5.65 Å². The molecule has 3 heterocycles. The molecule has 0 aliphatic carbocycles. The van der Waals surface area contributed by atoms with Crippen molar-refractivity contribution in [3.8, 4) is 0 Å². The van der Waals surface area contributed by atoms with Crippen molar-refractivity contribution in [3.63, 3.8) is 0 Å². The monoisotopic (exact) mass is 251 g/mol. The van der Waals surface area contributed by atoms with E-state index in [4.69, 9.17) is 0 Å². The van der Waals surface area contributed by atoms with E-state index in [9.17, 15) is 4.79 Å². The van der Waals surface area contributed by atoms with E-state index >= 15 is 0 Å². The molecule has 0 saturated carbocycles. The van der Waals surface area contributed by atoms with Gasteiger partial charge in [0.25, 0.3) is 0 Å². The number of carbonyl (C=O) groups is 1. The lowest BCUT2D eigenvalue weighted by Gasteiger charge is -2.04. The maximum atomic E-state index is 11.1. The summed E-state index contributed by atoms with van der Waals surface area (Å²) in [4.78, 5) is 19.4. The molecule has 0 bridgehead atoms. The molecule has 0 N–H and O–H groups in total. The number of hydrogen-bond acceptors (Lipinski definition) is 3. The molecule has 0 spiro atoms. The third-order valence-electron chi connectivity index (χ3n) is 3.18. The van der Waals surface area contributed by atoms with Gasteiger partial charge in [0.15, 0.2) is 6.29 Å². The molecular weight excluding hydrogens is 238 g/mol. The molecule has 0 aliphatic heterocycles. The van der Waals surface area contributed by atoms with E-state index in [1.807, 2.05) is 35.0 Å². The Hall–Kier alpha value is -2.49. The molecule has 0 aromatic carbocycles. The predicted octanol–water partition coefficient (Wildman–Crippen LogP) is 2.49. The number of aromatic nitrogens is 3. The zero-order chi connectivity index (χ0) is 13.1. The zero-order valence-corrected chi connectivity index (χ0v) is 10.4. The number of carbonyl (C=O) groups excluding carboxylic acids is 1. The third kappa shape index (κ3) is 2.25. The van der Waals surface area contributed by atoms with Crippen LogP contribution in [-0.2, 0) is 13.0 Å². The Morgan fingerprint density at radius 2 is 2.00 bits per heavy atom. The minimum absolute atomic E-state index is 0.692. The summed E-state index contributed by atoms with van der Waals surface area (Å²) in [6, 6.07) is 7.77. The highest BCUT2D eigenvalue weighted by Crippen LogP contribution is 2.18. The second-order valence-corrected chi connectivity index (χ2v) is 4.38. The average molecular weight is 251 g/mol. The van der Waals surface area contributed by atoms with Crippen LogP contribution < -0.4 is 0 Å². The van der Waals surface area contributed by atoms with Gasteiger partial charge < -0.3 is 4.57 Å². The molecule has 3 rings (SSSR count). The summed E-state index contributed by atoms with van der Waals surface area (Å²) in [5, 5.41) is 0.909. The molecule has 0 fully saturated rings. The molecule has 4 nitrogen and oxygen atoms in total. The second kappa shape index (κ2) is 5.02. The molecule has 0 unspecified atom stereocenters. The molecule has 0 amide bonds. The zero-order valence-electron chi connectivity index (χ0n) is 10.4. The molecule has 4 heteroatoms. The fourth-order valence-corrected chi connectivity index (χ4v) is 2.21. The van der Waals surface area contributed by atoms with Gasteiger partial charge in [0.05, 0.1) is 0 Å². The fraction of sp³-hybridized carbons (Fsp3) is 0.133. The van der Waals surface area contributed by atoms with Crippen LogP contribution in [0.1, 0.15) is 15.9 Å². The number of nitrogens with zero attached hydrogens (tertiary/aromatic N) is 3. The topological polar surface area (TPSA) is 47.8 Å². The highest BCUT2D eigenvalue weighted by Gasteiger charge is 2.08. The number of aryl methyl sites for hydroxylation is 2. The first kappa shape index (κ1) is 11.6. The molecule has 94 valence electrons. The maximum absolute atomic E-state index is 11.1. The maximum Gasteiger partial charge on any atom is 0.152 e. The quantitative estimate of drug-likeness (QED) is 0.669. The molecule has 0 aliphatic rings. The van der Waals surface area contributed by atoms with Crippen LogP contribution >= 0.6 is 0 Å². The van der Waals surface area contributed by atoms with Gasteiger partial charge in [0.2, 0.25) is 0 Å². The van der Waals surface area contributed by atoms with E-state index in [2.05, 4.69) is 9.97 Å². The van der Waals surface area contributed by atoms with Crippen LogP contribution in [0.15, 0.2) is 49.1 Å². The normalized spacial score (nSPS) is 10.7. The van der Waals surface area contributed by atoms with Gasteiger partial charge in [-0.25, -0.2) is 4.98 Å². The Morgan fingerprint density at radius 1 is 1.16 bits per heavy atom. The van der Waals surface area contributed by atoms with Gasteiger partial charge in [0, 0.05) is 42.3 Å². The summed E-state index contributed by atoms with van der Waals surface area (Å²) < 4.78 is 2.03. The molecule has 19 heavy (non-hydrogen) atoms. The third-order valence-corrected chi connectivity index (χ3v) is 3.18. The van der Waals surface area contributed by atoms with Crippen molar-refractivity contribution in [3.05, 3.63) is 60.2 Å². The van der Waals surface area contributed by atoms with Crippen molar-refractivity contribution < 1.29 is 4.79 Å². The largest absolute Gasteiger partial charge is 0.331 e. The SMILES string of the molecule is O=Cc1cn(CCc2ccncc2)c2ncccc12. The molecule has 0 saturated heterocycles. The van der Waals surface area contributed by atoms with Crippen LogP contribution in [0.2, 0.25) is 0 Å². The minimum Gasteiger partial charge on any atom is -0.331 e. The van der Waals surface area contributed by atoms with Crippen LogP contribution in [0.4, 0.5) is 0 Å². The van der Waals surface area contributed by atoms with Crippen molar-refractivity contribution in [1.82, 2.24) is 14.5 Å². The Bertz CT molecular complexity index is 704. The van der Waals surface area contributed by atoms with E-state index in [0.29, 0.717) is 5.56 Å². The van der Waals surface area contributed by atoms with Crippen molar-refractivity contribution in [2.45, 2.75) is 13.0 Å². The lowest BCUT2D eigenvalue weighted by Crippen LogP contribution is -2.00. The van der Waals surface area contributed by atoms with E-state index in [-0.39, 0.29) is 0 Å². The van der Waals surface area contributed by atoms with Gasteiger partial charge >= 0.3 is 0 Å². The van der Waals surface area contributed by atoms with Gasteiger partial charge in [-0.2, -0.15) is 0 Å². The Kier molecular flexibility index (Phi) is 3.06. The van der Waals surface area contributed by atoms with Crippen LogP contribution in [0.25, 0.3) is 11.0 Å². The summed E-state index contributed by atoms with van der Waals surface area (Å²) >= 11 is 0. The fourth-order valence-electron chi connectivity index (χ4n) is 2.21. The Balaban J connectivity index is 1.91. The Morgan fingerprint density at radius 3 is 2.79 bits per heavy atom. The summed E-state index contributed by atoms with van der Waals surface area (Å²) in [6.45, 7) is 0.797. The minimum atomic E-state index is 0.692.